The first-order chi connectivity index (χ1) is 7.50. The van der Waals surface area contributed by atoms with Crippen molar-refractivity contribution in [1.82, 2.24) is 5.43 Å². The Morgan fingerprint density at radius 3 is 2.94 bits per heavy atom. The third kappa shape index (κ3) is 3.17. The Morgan fingerprint density at radius 1 is 1.69 bits per heavy atom. The molecule has 0 aliphatic rings. The number of thiocarbonyl (C=S) groups is 1. The maximum absolute atomic E-state index is 10.5. The zero-order valence-electron chi connectivity index (χ0n) is 8.01. The van der Waals surface area contributed by atoms with Crippen molar-refractivity contribution < 1.29 is 15.1 Å². The van der Waals surface area contributed by atoms with Gasteiger partial charge in [-0.05, 0) is 24.4 Å². The van der Waals surface area contributed by atoms with E-state index in [-0.39, 0.29) is 16.5 Å². The molecule has 1 rings (SSSR count). The van der Waals surface area contributed by atoms with E-state index in [1.807, 2.05) is 0 Å². The number of nitrogens with zero attached hydrogens (tertiary/aromatic N) is 1. The Balaban J connectivity index is 2.91. The first-order valence-corrected chi connectivity index (χ1v) is 4.53. The maximum Gasteiger partial charge on any atom is 0.311 e. The fourth-order valence-electron chi connectivity index (χ4n) is 0.967. The topological polar surface area (TPSA) is 115 Å². The Bertz CT molecular complexity index is 461. The van der Waals surface area contributed by atoms with Crippen LogP contribution in [0.1, 0.15) is 5.56 Å². The van der Waals surface area contributed by atoms with Crippen molar-refractivity contribution in [1.29, 1.82) is 0 Å². The molecule has 0 saturated heterocycles. The molecule has 0 spiro atoms. The van der Waals surface area contributed by atoms with Crippen molar-refractivity contribution in [3.05, 3.63) is 33.9 Å². The fourth-order valence-corrected chi connectivity index (χ4v) is 1.03. The van der Waals surface area contributed by atoms with Crippen LogP contribution in [0.2, 0.25) is 0 Å². The van der Waals surface area contributed by atoms with Crippen molar-refractivity contribution in [2.45, 2.75) is 0 Å². The van der Waals surface area contributed by atoms with Gasteiger partial charge in [0.1, 0.15) is 0 Å². The second-order valence-corrected chi connectivity index (χ2v) is 3.22. The summed E-state index contributed by atoms with van der Waals surface area (Å²) in [6.45, 7) is 0. The van der Waals surface area contributed by atoms with Crippen LogP contribution in [0.3, 0.4) is 0 Å². The largest absolute Gasteiger partial charge is 0.502 e. The van der Waals surface area contributed by atoms with Crippen LogP contribution in [-0.4, -0.2) is 21.4 Å². The molecule has 0 aliphatic heterocycles. The van der Waals surface area contributed by atoms with Gasteiger partial charge in [0.05, 0.1) is 4.92 Å². The number of nitro groups is 1. The molecule has 7 nitrogen and oxygen atoms in total. The minimum Gasteiger partial charge on any atom is -0.502 e. The van der Waals surface area contributed by atoms with Crippen molar-refractivity contribution in [2.24, 2.45) is 5.73 Å². The lowest BCUT2D eigenvalue weighted by Crippen LogP contribution is -2.82. The smallest absolute Gasteiger partial charge is 0.311 e. The summed E-state index contributed by atoms with van der Waals surface area (Å²) >= 11 is 4.53. The Morgan fingerprint density at radius 2 is 2.38 bits per heavy atom. The number of benzene rings is 1. The quantitative estimate of drug-likeness (QED) is 0.223. The van der Waals surface area contributed by atoms with E-state index < -0.39 is 4.92 Å². The highest BCUT2D eigenvalue weighted by Gasteiger charge is 2.13. The number of rotatable bonds is 3. The number of phenolic OH excluding ortho intramolecular Hbond substituents is 1. The Kier molecular flexibility index (Phi) is 3.72. The molecule has 8 heteroatoms. The predicted molar refractivity (Wildman–Crippen MR) is 60.8 cm³/mol. The van der Waals surface area contributed by atoms with E-state index in [4.69, 9.17) is 5.73 Å². The molecular weight excluding hydrogens is 232 g/mol. The molecule has 0 atom stereocenters. The average molecular weight is 241 g/mol. The number of hydrazine groups is 1. The van der Waals surface area contributed by atoms with Crippen molar-refractivity contribution in [3.63, 3.8) is 0 Å². The first-order valence-electron chi connectivity index (χ1n) is 4.12. The van der Waals surface area contributed by atoms with E-state index in [1.165, 1.54) is 24.4 Å². The van der Waals surface area contributed by atoms with Crippen molar-refractivity contribution in [2.75, 3.05) is 0 Å². The Hall–Kier alpha value is -2.22. The van der Waals surface area contributed by atoms with Crippen LogP contribution in [0.4, 0.5) is 5.69 Å². The van der Waals surface area contributed by atoms with E-state index in [1.54, 1.807) is 0 Å². The van der Waals surface area contributed by atoms with Gasteiger partial charge in [-0.2, -0.15) is 0 Å². The van der Waals surface area contributed by atoms with Gasteiger partial charge in [-0.25, -0.2) is 0 Å². The number of nitrogens with two attached hydrogens (primary N) is 1. The summed E-state index contributed by atoms with van der Waals surface area (Å²) in [6.07, 6.45) is 1.42. The highest BCUT2D eigenvalue weighted by Crippen LogP contribution is 2.25. The molecule has 0 bridgehead atoms. The molecule has 0 radical (unpaired) electrons. The van der Waals surface area contributed by atoms with Crippen molar-refractivity contribution >= 4 is 29.2 Å². The maximum atomic E-state index is 10.5. The van der Waals surface area contributed by atoms with E-state index in [0.29, 0.717) is 5.56 Å². The Labute approximate surface area is 95.7 Å². The molecule has 1 aromatic rings. The van der Waals surface area contributed by atoms with Gasteiger partial charge in [0, 0.05) is 11.6 Å². The zero-order chi connectivity index (χ0) is 12.1. The summed E-state index contributed by atoms with van der Waals surface area (Å²) in [7, 11) is 0. The number of nitrogens with one attached hydrogen (secondary N) is 2. The molecular formula is C8H9N4O3S+. The summed E-state index contributed by atoms with van der Waals surface area (Å²) < 4.78 is 0. The summed E-state index contributed by atoms with van der Waals surface area (Å²) in [5.74, 6) is -0.385. The number of nitro benzene ring substituents is 1. The van der Waals surface area contributed by atoms with Crippen LogP contribution in [0.15, 0.2) is 18.2 Å². The molecule has 0 unspecified atom stereocenters. The van der Waals surface area contributed by atoms with Crippen LogP contribution in [-0.2, 0) is 0 Å². The minimum atomic E-state index is -0.673. The number of aromatic hydroxyl groups is 1. The molecule has 5 N–H and O–H groups in total. The standard InChI is InChI=1S/C8H8N4O3S/c9-8(16)11-10-4-5-1-2-7(13)6(3-5)12(14)15/h1-4,13H,(H3,9,11,16)/p+1/b10-4+. The lowest BCUT2D eigenvalue weighted by Gasteiger charge is -1.95. The van der Waals surface area contributed by atoms with Crippen LogP contribution in [0, 0.1) is 10.1 Å². The summed E-state index contributed by atoms with van der Waals surface area (Å²) in [6, 6.07) is 3.94. The molecule has 84 valence electrons. The van der Waals surface area contributed by atoms with Crippen LogP contribution in [0.25, 0.3) is 0 Å². The van der Waals surface area contributed by atoms with Gasteiger partial charge in [-0.15, -0.1) is 10.5 Å². The second kappa shape index (κ2) is 5.03. The first kappa shape index (κ1) is 11.9. The van der Waals surface area contributed by atoms with E-state index in [0.717, 1.165) is 0 Å². The molecule has 0 amide bonds. The lowest BCUT2D eigenvalue weighted by molar-refractivity contribution is -0.499. The second-order valence-electron chi connectivity index (χ2n) is 2.78. The predicted octanol–water partition coefficient (Wildman–Crippen LogP) is -1.45. The summed E-state index contributed by atoms with van der Waals surface area (Å²) in [5.41, 5.74) is 7.70. The number of hydrogen-bond donors (Lipinski definition) is 4. The molecule has 0 fully saturated rings. The van der Waals surface area contributed by atoms with Crippen LogP contribution in [0.5, 0.6) is 5.75 Å². The highest BCUT2D eigenvalue weighted by molar-refractivity contribution is 7.80. The van der Waals surface area contributed by atoms with E-state index in [2.05, 4.69) is 22.7 Å². The monoisotopic (exact) mass is 241 g/mol. The fraction of sp³-hybridized carbons (Fsp3) is 0. The van der Waals surface area contributed by atoms with Gasteiger partial charge in [0.25, 0.3) is 0 Å². The van der Waals surface area contributed by atoms with E-state index >= 15 is 0 Å². The molecule has 0 heterocycles. The van der Waals surface area contributed by atoms with Gasteiger partial charge >= 0.3 is 5.69 Å². The molecule has 1 aromatic carbocycles. The third-order valence-corrected chi connectivity index (χ3v) is 1.73. The van der Waals surface area contributed by atoms with E-state index in [9.17, 15) is 15.2 Å². The lowest BCUT2D eigenvalue weighted by atomic mass is 10.2. The molecule has 0 saturated carbocycles. The van der Waals surface area contributed by atoms with Gasteiger partial charge in [-0.1, -0.05) is 0 Å². The van der Waals surface area contributed by atoms with Gasteiger partial charge in [-0.3, -0.25) is 10.1 Å². The molecule has 16 heavy (non-hydrogen) atoms. The van der Waals surface area contributed by atoms with Gasteiger partial charge in [0.2, 0.25) is 5.11 Å². The van der Waals surface area contributed by atoms with Crippen LogP contribution >= 0.6 is 12.2 Å². The number of hydrogen-bond acceptors (Lipinski definition) is 4. The summed E-state index contributed by atoms with van der Waals surface area (Å²) in [4.78, 5) is 9.84. The number of phenols is 1. The average Bonchev–Trinajstić information content (AvgIpc) is 2.19. The number of hydrazone groups is 1. The zero-order valence-corrected chi connectivity index (χ0v) is 8.82. The van der Waals surface area contributed by atoms with Gasteiger partial charge in [0.15, 0.2) is 12.0 Å². The molecule has 0 aliphatic carbocycles. The van der Waals surface area contributed by atoms with Gasteiger partial charge < -0.3 is 10.8 Å². The van der Waals surface area contributed by atoms with Crippen LogP contribution < -0.4 is 16.3 Å². The highest BCUT2D eigenvalue weighted by atomic mass is 32.1. The molecule has 0 aromatic heterocycles. The van der Waals surface area contributed by atoms with Crippen molar-refractivity contribution in [3.8, 4) is 5.75 Å². The SMILES string of the molecule is NC(=S)N/[NH+]=C/c1ccc(O)c([N+](=O)[O-])c1. The third-order valence-electron chi connectivity index (χ3n) is 1.63. The normalized spacial score (nSPS) is 10.2. The minimum absolute atomic E-state index is 0.0459. The summed E-state index contributed by atoms with van der Waals surface area (Å²) in [5, 5.41) is 22.3.